The predicted molar refractivity (Wildman–Crippen MR) is 164 cm³/mol. The van der Waals surface area contributed by atoms with Crippen LogP contribution in [0.3, 0.4) is 0 Å². The number of nitrogens with zero attached hydrogens (tertiary/aromatic N) is 1. The number of carbonyl (C=O) groups excluding carboxylic acids is 1. The second-order valence-corrected chi connectivity index (χ2v) is 11.5. The third-order valence-corrected chi connectivity index (χ3v) is 8.58. The molecule has 0 radical (unpaired) electrons. The van der Waals surface area contributed by atoms with Gasteiger partial charge < -0.3 is 40.1 Å². The third-order valence-electron chi connectivity index (χ3n) is 8.58. The van der Waals surface area contributed by atoms with Gasteiger partial charge in [0.1, 0.15) is 54.2 Å². The van der Waals surface area contributed by atoms with Crippen molar-refractivity contribution in [2.24, 2.45) is 0 Å². The van der Waals surface area contributed by atoms with E-state index in [-0.39, 0.29) is 18.3 Å². The van der Waals surface area contributed by atoms with E-state index in [2.05, 4.69) is 0 Å². The maximum Gasteiger partial charge on any atom is 0.259 e. The average Bonchev–Trinajstić information content (AvgIpc) is 3.07. The van der Waals surface area contributed by atoms with Crippen LogP contribution in [0.15, 0.2) is 97.1 Å². The third kappa shape index (κ3) is 6.02. The minimum Gasteiger partial charge on any atom is -0.508 e. The summed E-state index contributed by atoms with van der Waals surface area (Å²) in [6, 6.07) is 25.5. The zero-order valence-corrected chi connectivity index (χ0v) is 24.5. The first-order chi connectivity index (χ1) is 22.2. The highest BCUT2D eigenvalue weighted by Gasteiger charge is 2.51. The summed E-state index contributed by atoms with van der Waals surface area (Å²) >= 11 is 0. The van der Waals surface area contributed by atoms with Crippen molar-refractivity contribution in [2.45, 2.75) is 48.8 Å². The van der Waals surface area contributed by atoms with Gasteiger partial charge in [0, 0.05) is 11.3 Å². The molecule has 4 aromatic carbocycles. The molecule has 11 heteroatoms. The number of aliphatic hydroxyl groups is 5. The average molecular weight is 632 g/mol. The van der Waals surface area contributed by atoms with Gasteiger partial charge in [0.25, 0.3) is 5.91 Å². The summed E-state index contributed by atoms with van der Waals surface area (Å²) < 4.78 is 24.9. The van der Waals surface area contributed by atoms with Crippen molar-refractivity contribution < 1.29 is 49.3 Å². The lowest BCUT2D eigenvalue weighted by atomic mass is 9.87. The summed E-state index contributed by atoms with van der Waals surface area (Å²) in [5.74, 6) is -0.857. The molecule has 0 bridgehead atoms. The van der Waals surface area contributed by atoms with Crippen LogP contribution in [-0.2, 0) is 14.3 Å². The molecule has 0 aromatic heterocycles. The maximum atomic E-state index is 13.3. The molecule has 1 amide bonds. The SMILES string of the molecule is O=C1[C@H](OC[C@H](O)c2ccc(F)cc2)[C@@H](c2ccc(-c3ccc(C4O[C@H](CO)[C@@H](O)[C@H](O)[C@H]4O)cc3)cc2O)N1c1ccccc1. The number of carbonyl (C=O) groups is 1. The zero-order chi connectivity index (χ0) is 32.5. The number of β-lactam (4-membered cyclic amide) rings is 1. The van der Waals surface area contributed by atoms with E-state index in [4.69, 9.17) is 9.47 Å². The van der Waals surface area contributed by atoms with E-state index < -0.39 is 61.2 Å². The molecule has 2 fully saturated rings. The Morgan fingerprint density at radius 2 is 1.52 bits per heavy atom. The van der Waals surface area contributed by atoms with Crippen molar-refractivity contribution >= 4 is 11.6 Å². The van der Waals surface area contributed by atoms with E-state index in [0.29, 0.717) is 27.9 Å². The van der Waals surface area contributed by atoms with E-state index in [0.717, 1.165) is 5.56 Å². The summed E-state index contributed by atoms with van der Waals surface area (Å²) in [7, 11) is 0. The Kier molecular flexibility index (Phi) is 9.16. The second-order valence-electron chi connectivity index (χ2n) is 11.5. The molecule has 1 unspecified atom stereocenters. The second kappa shape index (κ2) is 13.3. The minimum absolute atomic E-state index is 0.0818. The Balaban J connectivity index is 1.23. The Hall–Kier alpha value is -4.20. The van der Waals surface area contributed by atoms with E-state index in [1.54, 1.807) is 66.7 Å². The first kappa shape index (κ1) is 31.8. The lowest BCUT2D eigenvalue weighted by molar-refractivity contribution is -0.231. The zero-order valence-electron chi connectivity index (χ0n) is 24.5. The number of halogens is 1. The summed E-state index contributed by atoms with van der Waals surface area (Å²) in [6.07, 6.45) is -8.44. The van der Waals surface area contributed by atoms with Gasteiger partial charge in [-0.05, 0) is 52.6 Å². The lowest BCUT2D eigenvalue weighted by Crippen LogP contribution is -2.60. The van der Waals surface area contributed by atoms with Gasteiger partial charge in [-0.25, -0.2) is 4.39 Å². The van der Waals surface area contributed by atoms with Gasteiger partial charge in [0.2, 0.25) is 0 Å². The monoisotopic (exact) mass is 631 g/mol. The van der Waals surface area contributed by atoms with Crippen molar-refractivity contribution in [3.63, 3.8) is 0 Å². The highest BCUT2D eigenvalue weighted by molar-refractivity contribution is 6.05. The van der Waals surface area contributed by atoms with Crippen LogP contribution >= 0.6 is 0 Å². The Morgan fingerprint density at radius 1 is 0.848 bits per heavy atom. The van der Waals surface area contributed by atoms with Crippen LogP contribution in [0.4, 0.5) is 10.1 Å². The minimum atomic E-state index is -1.49. The van der Waals surface area contributed by atoms with Crippen LogP contribution in [0.25, 0.3) is 11.1 Å². The van der Waals surface area contributed by atoms with Crippen LogP contribution < -0.4 is 4.90 Å². The van der Waals surface area contributed by atoms with Gasteiger partial charge in [-0.15, -0.1) is 0 Å². The molecule has 0 aliphatic carbocycles. The number of hydrogen-bond donors (Lipinski definition) is 6. The van der Waals surface area contributed by atoms with Gasteiger partial charge in [-0.3, -0.25) is 9.69 Å². The summed E-state index contributed by atoms with van der Waals surface area (Å²) in [5, 5.41) is 62.1. The van der Waals surface area contributed by atoms with Crippen molar-refractivity contribution in [3.8, 4) is 16.9 Å². The number of anilines is 1. The van der Waals surface area contributed by atoms with Crippen LogP contribution in [0.1, 0.15) is 34.9 Å². The molecule has 2 aliphatic heterocycles. The summed E-state index contributed by atoms with van der Waals surface area (Å²) in [6.45, 7) is -0.749. The molecule has 2 saturated heterocycles. The Labute approximate surface area is 264 Å². The maximum absolute atomic E-state index is 13.3. The van der Waals surface area contributed by atoms with Crippen LogP contribution in [-0.4, -0.2) is 80.3 Å². The number of amides is 1. The van der Waals surface area contributed by atoms with Crippen LogP contribution in [0.2, 0.25) is 0 Å². The first-order valence-electron chi connectivity index (χ1n) is 14.8. The van der Waals surface area contributed by atoms with Crippen molar-refractivity contribution in [2.75, 3.05) is 18.1 Å². The van der Waals surface area contributed by atoms with Crippen LogP contribution in [0, 0.1) is 5.82 Å². The normalized spacial score (nSPS) is 26.9. The molecule has 6 N–H and O–H groups in total. The first-order valence-corrected chi connectivity index (χ1v) is 14.8. The molecular weight excluding hydrogens is 597 g/mol. The number of aliphatic hydroxyl groups excluding tert-OH is 5. The Morgan fingerprint density at radius 3 is 2.17 bits per heavy atom. The van der Waals surface area contributed by atoms with E-state index >= 15 is 0 Å². The van der Waals surface area contributed by atoms with Gasteiger partial charge in [-0.1, -0.05) is 66.7 Å². The van der Waals surface area contributed by atoms with E-state index in [1.807, 2.05) is 6.07 Å². The van der Waals surface area contributed by atoms with Gasteiger partial charge in [0.15, 0.2) is 6.10 Å². The summed E-state index contributed by atoms with van der Waals surface area (Å²) in [4.78, 5) is 14.8. The van der Waals surface area contributed by atoms with Crippen molar-refractivity contribution in [1.82, 2.24) is 0 Å². The number of ether oxygens (including phenoxy) is 2. The predicted octanol–water partition coefficient (Wildman–Crippen LogP) is 2.92. The number of phenolic OH excluding ortho intramolecular Hbond substituents is 1. The van der Waals surface area contributed by atoms with Crippen molar-refractivity contribution in [1.29, 1.82) is 0 Å². The van der Waals surface area contributed by atoms with E-state index in [1.165, 1.54) is 29.2 Å². The van der Waals surface area contributed by atoms with Crippen LogP contribution in [0.5, 0.6) is 5.75 Å². The van der Waals surface area contributed by atoms with Gasteiger partial charge in [0.05, 0.1) is 13.2 Å². The molecule has 10 nitrogen and oxygen atoms in total. The topological polar surface area (TPSA) is 160 Å². The summed E-state index contributed by atoms with van der Waals surface area (Å²) in [5.41, 5.74) is 3.39. The van der Waals surface area contributed by atoms with Crippen molar-refractivity contribution in [3.05, 3.63) is 120 Å². The molecule has 4 aromatic rings. The lowest BCUT2D eigenvalue weighted by Gasteiger charge is -2.47. The molecular formula is C35H34FNO9. The number of benzene rings is 4. The smallest absolute Gasteiger partial charge is 0.259 e. The molecule has 46 heavy (non-hydrogen) atoms. The van der Waals surface area contributed by atoms with Gasteiger partial charge >= 0.3 is 0 Å². The highest BCUT2D eigenvalue weighted by atomic mass is 19.1. The molecule has 2 aliphatic rings. The molecule has 240 valence electrons. The number of phenols is 1. The fraction of sp³-hybridized carbons (Fsp3) is 0.286. The fourth-order valence-electron chi connectivity index (χ4n) is 6.00. The Bertz CT molecular complexity index is 1650. The number of hydrogen-bond acceptors (Lipinski definition) is 9. The quantitative estimate of drug-likeness (QED) is 0.153. The molecule has 2 heterocycles. The molecule has 0 saturated carbocycles. The highest BCUT2D eigenvalue weighted by Crippen LogP contribution is 2.45. The van der Waals surface area contributed by atoms with Gasteiger partial charge in [-0.2, -0.15) is 0 Å². The molecule has 0 spiro atoms. The number of rotatable bonds is 9. The fourth-order valence-corrected chi connectivity index (χ4v) is 6.00. The largest absolute Gasteiger partial charge is 0.508 e. The number of para-hydroxylation sites is 1. The molecule has 8 atom stereocenters. The standard InChI is InChI=1S/C35H34FNO9/c36-23-13-10-20(11-14-23)27(40)18-45-34-29(37(35(34)44)24-4-2-1-3-5-24)25-15-12-22(16-26(25)39)19-6-8-21(9-7-19)33-32(43)31(42)30(41)28(17-38)46-33/h1-16,27-34,38-43H,17-18H2/t27-,28+,29+,30+,31-,32+,33?,34+/m0/s1. The number of aromatic hydroxyl groups is 1. The van der Waals surface area contributed by atoms with E-state index in [9.17, 15) is 39.8 Å². The molecule has 6 rings (SSSR count).